The van der Waals surface area contributed by atoms with Crippen molar-refractivity contribution in [3.8, 4) is 0 Å². The average Bonchev–Trinajstić information content (AvgIpc) is 3.80. The molecule has 0 fully saturated rings. The molecule has 0 aliphatic carbocycles. The largest absolute Gasteiger partial charge is 0.467 e. The lowest BCUT2D eigenvalue weighted by Gasteiger charge is -2.37. The molecule has 0 radical (unpaired) electrons. The topological polar surface area (TPSA) is 93.7 Å². The molecular weight excluding hydrogens is 781 g/mol. The van der Waals surface area contributed by atoms with Crippen LogP contribution in [0.15, 0.2) is 169 Å². The van der Waals surface area contributed by atoms with E-state index in [2.05, 4.69) is 77.4 Å². The zero-order valence-electron chi connectivity index (χ0n) is 33.0. The molecule has 298 valence electrons. The van der Waals surface area contributed by atoms with Gasteiger partial charge in [-0.25, -0.2) is 9.59 Å². The minimum atomic E-state index is -1.11. The first-order valence-electron chi connectivity index (χ1n) is 19.0. The summed E-state index contributed by atoms with van der Waals surface area (Å²) in [6, 6.07) is 52.6. The van der Waals surface area contributed by atoms with Crippen LogP contribution in [0.4, 0.5) is 4.79 Å². The molecule has 0 spiro atoms. The fourth-order valence-corrected chi connectivity index (χ4v) is 11.1. The lowest BCUT2D eigenvalue weighted by Crippen LogP contribution is -2.54. The van der Waals surface area contributed by atoms with Gasteiger partial charge in [-0.2, -0.15) is 0 Å². The summed E-state index contributed by atoms with van der Waals surface area (Å²) in [6.45, 7) is 5.31. The van der Waals surface area contributed by atoms with Crippen LogP contribution in [0.1, 0.15) is 53.5 Å². The predicted octanol–water partition coefficient (Wildman–Crippen LogP) is 10.0. The number of thiophene rings is 1. The van der Waals surface area contributed by atoms with E-state index < -0.39 is 45.1 Å². The Morgan fingerprint density at radius 3 is 1.33 bits per heavy atom. The van der Waals surface area contributed by atoms with Crippen molar-refractivity contribution in [1.29, 1.82) is 0 Å². The number of hydrogen-bond donors (Lipinski definition) is 2. The van der Waals surface area contributed by atoms with Crippen LogP contribution in [0.25, 0.3) is 0 Å². The van der Waals surface area contributed by atoms with Crippen LogP contribution in [0.2, 0.25) is 0 Å². The number of hydrogen-bond acceptors (Lipinski definition) is 8. The summed E-state index contributed by atoms with van der Waals surface area (Å²) < 4.78 is 9.50. The Balaban J connectivity index is 1.36. The fourth-order valence-electron chi connectivity index (χ4n) is 6.91. The monoisotopic (exact) mass is 828 g/mol. The normalized spacial score (nSPS) is 12.8. The van der Waals surface area contributed by atoms with Crippen LogP contribution in [0.3, 0.4) is 0 Å². The molecular formula is C48H48N2O5S3. The summed E-state index contributed by atoms with van der Waals surface area (Å²) in [5, 5.41) is 7.90. The Kier molecular flexibility index (Phi) is 14.2. The van der Waals surface area contributed by atoms with Crippen molar-refractivity contribution in [2.45, 2.75) is 47.9 Å². The number of ether oxygens (including phenoxy) is 2. The van der Waals surface area contributed by atoms with E-state index in [9.17, 15) is 14.4 Å². The molecule has 5 aromatic carbocycles. The van der Waals surface area contributed by atoms with Gasteiger partial charge in [0.1, 0.15) is 17.7 Å². The summed E-state index contributed by atoms with van der Waals surface area (Å²) in [4.78, 5) is 42.9. The van der Waals surface area contributed by atoms with Crippen molar-refractivity contribution in [1.82, 2.24) is 10.6 Å². The van der Waals surface area contributed by atoms with Gasteiger partial charge in [-0.05, 0) is 60.0 Å². The second kappa shape index (κ2) is 19.4. The Bertz CT molecular complexity index is 2060. The number of nitrogens with one attached hydrogen (secondary N) is 2. The molecule has 2 atom stereocenters. The van der Waals surface area contributed by atoms with Gasteiger partial charge in [-0.3, -0.25) is 4.79 Å². The van der Waals surface area contributed by atoms with E-state index >= 15 is 0 Å². The molecule has 1 aromatic heterocycles. The molecule has 0 aliphatic rings. The number of amides is 2. The van der Waals surface area contributed by atoms with Gasteiger partial charge in [0.2, 0.25) is 5.91 Å². The lowest BCUT2D eigenvalue weighted by molar-refractivity contribution is -0.144. The summed E-state index contributed by atoms with van der Waals surface area (Å²) in [7, 11) is 1.31. The second-order valence-corrected chi connectivity index (χ2v) is 18.0. The molecule has 2 amide bonds. The molecule has 0 aliphatic heterocycles. The molecule has 58 heavy (non-hydrogen) atoms. The fraction of sp³-hybridized carbons (Fsp3) is 0.229. The van der Waals surface area contributed by atoms with Crippen LogP contribution in [0, 0.1) is 0 Å². The third-order valence-electron chi connectivity index (χ3n) is 9.51. The molecule has 1 heterocycles. The zero-order valence-corrected chi connectivity index (χ0v) is 35.5. The van der Waals surface area contributed by atoms with Crippen molar-refractivity contribution >= 4 is 52.8 Å². The van der Waals surface area contributed by atoms with Gasteiger partial charge < -0.3 is 20.1 Å². The Labute approximate surface area is 354 Å². The Hall–Kier alpha value is -5.29. The number of rotatable bonds is 16. The van der Waals surface area contributed by atoms with Crippen LogP contribution in [-0.4, -0.2) is 54.3 Å². The van der Waals surface area contributed by atoms with E-state index in [1.807, 2.05) is 102 Å². The predicted molar refractivity (Wildman–Crippen MR) is 238 cm³/mol. The summed E-state index contributed by atoms with van der Waals surface area (Å²) in [6.07, 6.45) is -0.741. The molecule has 10 heteroatoms. The third-order valence-corrected chi connectivity index (χ3v) is 13.9. The van der Waals surface area contributed by atoms with Gasteiger partial charge in [0, 0.05) is 16.4 Å². The maximum absolute atomic E-state index is 14.7. The number of carbonyl (C=O) groups is 3. The second-order valence-electron chi connectivity index (χ2n) is 14.6. The molecule has 2 N–H and O–H groups in total. The highest BCUT2D eigenvalue weighted by molar-refractivity contribution is 8.01. The highest BCUT2D eigenvalue weighted by Crippen LogP contribution is 2.51. The number of alkyl carbamates (subject to hydrolysis) is 1. The van der Waals surface area contributed by atoms with Gasteiger partial charge >= 0.3 is 12.1 Å². The standard InChI is InChI=1S/C48H48N2O5S3/c1-46(2,3)55-45(53)50-40(33-58-48(42-31-20-32-56-42,38-27-16-8-17-28-38)39-29-18-9-19-30-39)43(51)49-41(44(52)54-4)34-57-47(35-21-10-5-11-22-35,36-23-12-6-13-24-36)37-25-14-7-15-26-37/h5-32,40-41H,33-34H2,1-4H3,(H,49,51)(H,50,53)/t40-,41-/m1/s1. The highest BCUT2D eigenvalue weighted by Gasteiger charge is 2.42. The average molecular weight is 829 g/mol. The van der Waals surface area contributed by atoms with Crippen molar-refractivity contribution in [2.75, 3.05) is 18.6 Å². The SMILES string of the molecule is COC(=O)[C@@H](CSC(c1ccccc1)(c1ccccc1)c1ccccc1)NC(=O)[C@@H](CSC(c1ccccc1)(c1ccccc1)c1cccs1)NC(=O)OC(C)(C)C. The van der Waals surface area contributed by atoms with Crippen molar-refractivity contribution in [3.63, 3.8) is 0 Å². The molecule has 0 saturated carbocycles. The Morgan fingerprint density at radius 2 is 0.948 bits per heavy atom. The first kappa shape index (κ1) is 42.3. The summed E-state index contributed by atoms with van der Waals surface area (Å²) in [5.41, 5.74) is 4.27. The highest BCUT2D eigenvalue weighted by atomic mass is 32.2. The molecule has 7 nitrogen and oxygen atoms in total. The number of benzene rings is 5. The molecule has 6 aromatic rings. The first-order valence-corrected chi connectivity index (χ1v) is 21.9. The number of carbonyl (C=O) groups excluding carboxylic acids is 3. The van der Waals surface area contributed by atoms with Crippen LogP contribution in [-0.2, 0) is 28.6 Å². The van der Waals surface area contributed by atoms with E-state index in [1.54, 1.807) is 32.1 Å². The van der Waals surface area contributed by atoms with E-state index in [0.717, 1.165) is 32.7 Å². The van der Waals surface area contributed by atoms with Crippen LogP contribution in [0.5, 0.6) is 0 Å². The minimum Gasteiger partial charge on any atom is -0.467 e. The summed E-state index contributed by atoms with van der Waals surface area (Å²) >= 11 is 4.70. The van der Waals surface area contributed by atoms with Gasteiger partial charge in [-0.1, -0.05) is 158 Å². The molecule has 0 saturated heterocycles. The zero-order chi connectivity index (χ0) is 41.0. The maximum Gasteiger partial charge on any atom is 0.408 e. The summed E-state index contributed by atoms with van der Waals surface area (Å²) in [5.74, 6) is -0.860. The molecule has 0 bridgehead atoms. The van der Waals surface area contributed by atoms with Crippen molar-refractivity contribution in [2.24, 2.45) is 0 Å². The van der Waals surface area contributed by atoms with Crippen LogP contribution >= 0.6 is 34.9 Å². The van der Waals surface area contributed by atoms with Crippen LogP contribution < -0.4 is 10.6 Å². The molecule has 0 unspecified atom stereocenters. The number of methoxy groups -OCH3 is 1. The quantitative estimate of drug-likeness (QED) is 0.0741. The first-order chi connectivity index (χ1) is 28.1. The number of thioether (sulfide) groups is 2. The van der Waals surface area contributed by atoms with Gasteiger partial charge in [-0.15, -0.1) is 34.9 Å². The Morgan fingerprint density at radius 1 is 0.552 bits per heavy atom. The van der Waals surface area contributed by atoms with E-state index in [4.69, 9.17) is 9.47 Å². The van der Waals surface area contributed by atoms with Gasteiger partial charge in [0.05, 0.1) is 16.6 Å². The maximum atomic E-state index is 14.7. The minimum absolute atomic E-state index is 0.135. The van der Waals surface area contributed by atoms with Gasteiger partial charge in [0.15, 0.2) is 0 Å². The molecule has 6 rings (SSSR count). The smallest absolute Gasteiger partial charge is 0.408 e. The van der Waals surface area contributed by atoms with Gasteiger partial charge in [0.25, 0.3) is 0 Å². The lowest BCUT2D eigenvalue weighted by atomic mass is 9.84. The van der Waals surface area contributed by atoms with Crippen molar-refractivity contribution in [3.05, 3.63) is 202 Å². The number of esters is 1. The van der Waals surface area contributed by atoms with E-state index in [1.165, 1.54) is 30.6 Å². The van der Waals surface area contributed by atoms with Crippen molar-refractivity contribution < 1.29 is 23.9 Å². The van der Waals surface area contributed by atoms with E-state index in [0.29, 0.717) is 0 Å². The third kappa shape index (κ3) is 9.86. The van der Waals surface area contributed by atoms with E-state index in [-0.39, 0.29) is 11.5 Å².